The number of hydrogen-bond donors (Lipinski definition) is 6. The van der Waals surface area contributed by atoms with E-state index in [1.807, 2.05) is 67.4 Å². The van der Waals surface area contributed by atoms with Crippen molar-refractivity contribution >= 4 is 74.8 Å². The second kappa shape index (κ2) is 20.0. The predicted octanol–water partition coefficient (Wildman–Crippen LogP) is 4.46. The Morgan fingerprint density at radius 1 is 0.935 bits per heavy atom. The van der Waals surface area contributed by atoms with E-state index >= 15 is 0 Å². The molecule has 18 nitrogen and oxygen atoms in total. The Balaban J connectivity index is 1.24. The van der Waals surface area contributed by atoms with Gasteiger partial charge in [0.1, 0.15) is 21.8 Å². The van der Waals surface area contributed by atoms with Gasteiger partial charge < -0.3 is 29.8 Å². The Hall–Kier alpha value is -5.64. The molecular weight excluding hydrogens is 829 g/mol. The molecule has 0 atom stereocenters. The fourth-order valence-corrected chi connectivity index (χ4v) is 9.19. The van der Waals surface area contributed by atoms with Gasteiger partial charge in [0.25, 0.3) is 11.8 Å². The fourth-order valence-electron chi connectivity index (χ4n) is 7.64. The highest BCUT2D eigenvalue weighted by atomic mass is 32.2. The van der Waals surface area contributed by atoms with E-state index in [1.165, 1.54) is 23.1 Å². The largest absolute Gasteiger partial charge is 0.491 e. The van der Waals surface area contributed by atoms with E-state index in [2.05, 4.69) is 36.4 Å². The van der Waals surface area contributed by atoms with Crippen molar-refractivity contribution < 1.29 is 19.1 Å². The van der Waals surface area contributed by atoms with Crippen LogP contribution in [0, 0.1) is 13.8 Å². The molecule has 3 amide bonds. The highest BCUT2D eigenvalue weighted by Crippen LogP contribution is 2.33. The van der Waals surface area contributed by atoms with Gasteiger partial charge in [-0.2, -0.15) is 5.10 Å². The minimum absolute atomic E-state index is 0.291. The molecule has 2 aromatic carbocycles. The lowest BCUT2D eigenvalue weighted by Crippen LogP contribution is -2.43. The van der Waals surface area contributed by atoms with Crippen molar-refractivity contribution in [3.63, 3.8) is 0 Å². The minimum Gasteiger partial charge on any atom is -0.491 e. The first-order valence-corrected chi connectivity index (χ1v) is 22.7. The number of nitrogens with two attached hydrogens (primary N) is 2. The summed E-state index contributed by atoms with van der Waals surface area (Å²) in [5, 5.41) is 14.8. The van der Waals surface area contributed by atoms with Crippen molar-refractivity contribution in [2.45, 2.75) is 71.6 Å². The molecule has 1 saturated heterocycles. The topological polar surface area (TPSA) is 230 Å². The van der Waals surface area contributed by atoms with Gasteiger partial charge >= 0.3 is 0 Å². The number of fused-ring (bicyclic) bond motifs is 2. The Bertz CT molecular complexity index is 2620. The summed E-state index contributed by atoms with van der Waals surface area (Å²) in [4.78, 5) is 57.9. The minimum atomic E-state index is -0.575. The number of rotatable bonds is 19. The second-order valence-electron chi connectivity index (χ2n) is 14.9. The Morgan fingerprint density at radius 3 is 2.29 bits per heavy atom. The van der Waals surface area contributed by atoms with Gasteiger partial charge in [-0.15, -0.1) is 23.1 Å². The van der Waals surface area contributed by atoms with Crippen LogP contribution >= 0.6 is 23.1 Å². The van der Waals surface area contributed by atoms with Crippen LogP contribution in [0.25, 0.3) is 22.1 Å². The molecule has 0 spiro atoms. The SMILES string of the molecule is CCc1nc(C)sc1C(=O)Nc1nc2cc(C(N)=O)cc(SC)c2n1C/C=C/Cn1c(NC(=O)c2cc(C)nn2CC)nc2cc(CNN)cc(OCCCN3CCNCC3)c21. The summed E-state index contributed by atoms with van der Waals surface area (Å²) in [7, 11) is 0. The van der Waals surface area contributed by atoms with Crippen LogP contribution in [0.1, 0.15) is 72.7 Å². The van der Waals surface area contributed by atoms with Gasteiger partial charge in [-0.25, -0.2) is 15.0 Å². The van der Waals surface area contributed by atoms with E-state index in [1.54, 1.807) is 22.9 Å². The normalized spacial score (nSPS) is 13.5. The summed E-state index contributed by atoms with van der Waals surface area (Å²) < 4.78 is 12.0. The highest BCUT2D eigenvalue weighted by Gasteiger charge is 2.23. The number of ether oxygens (including phenoxy) is 1. The molecule has 8 N–H and O–H groups in total. The molecule has 6 aromatic rings. The van der Waals surface area contributed by atoms with Crippen LogP contribution in [0.5, 0.6) is 5.75 Å². The number of thiazole rings is 1. The second-order valence-corrected chi connectivity index (χ2v) is 16.9. The van der Waals surface area contributed by atoms with Crippen molar-refractivity contribution in [3.05, 3.63) is 80.6 Å². The van der Waals surface area contributed by atoms with Crippen LogP contribution in [0.3, 0.4) is 0 Å². The van der Waals surface area contributed by atoms with E-state index in [9.17, 15) is 14.4 Å². The number of carbonyl (C=O) groups excluding carboxylic acids is 3. The van der Waals surface area contributed by atoms with Crippen LogP contribution < -0.4 is 37.7 Å². The number of hydrazine groups is 1. The average molecular weight is 883 g/mol. The van der Waals surface area contributed by atoms with Crippen LogP contribution in [0.2, 0.25) is 0 Å². The summed E-state index contributed by atoms with van der Waals surface area (Å²) in [6.45, 7) is 14.5. The quantitative estimate of drug-likeness (QED) is 0.0217. The third kappa shape index (κ3) is 9.85. The monoisotopic (exact) mass is 882 g/mol. The summed E-state index contributed by atoms with van der Waals surface area (Å²) in [5.41, 5.74) is 14.1. The average Bonchev–Trinajstić information content (AvgIpc) is 4.03. The molecule has 5 heterocycles. The Morgan fingerprint density at radius 2 is 1.63 bits per heavy atom. The van der Waals surface area contributed by atoms with Crippen LogP contribution in [-0.2, 0) is 32.6 Å². The molecule has 0 radical (unpaired) electrons. The van der Waals surface area contributed by atoms with Gasteiger partial charge in [-0.1, -0.05) is 19.1 Å². The van der Waals surface area contributed by atoms with Crippen LogP contribution in [-0.4, -0.2) is 102 Å². The number of hydrogen-bond acceptors (Lipinski definition) is 14. The molecule has 1 aliphatic heterocycles. The van der Waals surface area contributed by atoms with Gasteiger partial charge in [0.15, 0.2) is 0 Å². The number of piperazine rings is 1. The van der Waals surface area contributed by atoms with Crippen molar-refractivity contribution in [2.24, 2.45) is 11.6 Å². The highest BCUT2D eigenvalue weighted by molar-refractivity contribution is 7.98. The summed E-state index contributed by atoms with van der Waals surface area (Å²) in [6.07, 6.45) is 7.28. The number of amides is 3. The van der Waals surface area contributed by atoms with Crippen molar-refractivity contribution in [2.75, 3.05) is 56.2 Å². The van der Waals surface area contributed by atoms with Crippen molar-refractivity contribution in [1.82, 2.24) is 49.5 Å². The summed E-state index contributed by atoms with van der Waals surface area (Å²) in [6, 6.07) is 9.03. The molecule has 0 unspecified atom stereocenters. The fraction of sp³-hybridized carbons (Fsp3) is 0.405. The number of primary amides is 1. The molecule has 20 heteroatoms. The number of thioether (sulfide) groups is 1. The molecule has 7 rings (SSSR count). The van der Waals surface area contributed by atoms with E-state index < -0.39 is 5.91 Å². The maximum Gasteiger partial charge on any atom is 0.276 e. The van der Waals surface area contributed by atoms with Gasteiger partial charge in [0, 0.05) is 69.4 Å². The number of nitrogens with zero attached hydrogens (tertiary/aromatic N) is 8. The number of allylic oxidation sites excluding steroid dienone is 2. The van der Waals surface area contributed by atoms with Crippen LogP contribution in [0.15, 0.2) is 47.4 Å². The molecule has 328 valence electrons. The summed E-state index contributed by atoms with van der Waals surface area (Å²) in [5.74, 6) is 5.79. The van der Waals surface area contributed by atoms with E-state index in [-0.39, 0.29) is 11.8 Å². The Labute approximate surface area is 367 Å². The molecule has 1 fully saturated rings. The number of nitrogens with one attached hydrogen (secondary N) is 4. The lowest BCUT2D eigenvalue weighted by molar-refractivity contribution is 0.0995. The van der Waals surface area contributed by atoms with Crippen LogP contribution in [0.4, 0.5) is 11.9 Å². The third-order valence-electron chi connectivity index (χ3n) is 10.5. The number of imidazole rings is 2. The third-order valence-corrected chi connectivity index (χ3v) is 12.3. The van der Waals surface area contributed by atoms with E-state index in [0.29, 0.717) is 95.2 Å². The number of carbonyl (C=O) groups is 3. The van der Waals surface area contributed by atoms with Gasteiger partial charge in [0.05, 0.1) is 39.6 Å². The number of anilines is 2. The van der Waals surface area contributed by atoms with E-state index in [4.69, 9.17) is 26.3 Å². The molecule has 62 heavy (non-hydrogen) atoms. The van der Waals surface area contributed by atoms with Crippen molar-refractivity contribution in [3.8, 4) is 5.75 Å². The van der Waals surface area contributed by atoms with Gasteiger partial charge in [-0.05, 0) is 75.8 Å². The van der Waals surface area contributed by atoms with Crippen molar-refractivity contribution in [1.29, 1.82) is 0 Å². The maximum absolute atomic E-state index is 13.9. The molecule has 1 aliphatic rings. The van der Waals surface area contributed by atoms with E-state index in [0.717, 1.165) is 65.8 Å². The lowest BCUT2D eigenvalue weighted by Gasteiger charge is -2.27. The molecule has 0 saturated carbocycles. The smallest absolute Gasteiger partial charge is 0.276 e. The molecule has 0 aliphatic carbocycles. The number of aryl methyl sites for hydroxylation is 4. The predicted molar refractivity (Wildman–Crippen MR) is 244 cm³/mol. The zero-order valence-electron chi connectivity index (χ0n) is 35.7. The maximum atomic E-state index is 13.9. The number of aromatic nitrogens is 7. The number of benzene rings is 2. The molecular formula is C42H54N14O4S2. The molecule has 0 bridgehead atoms. The lowest BCUT2D eigenvalue weighted by atomic mass is 10.2. The van der Waals surface area contributed by atoms with Gasteiger partial charge in [-0.3, -0.25) is 41.0 Å². The standard InChI is InChI=1S/C42H54N14O4S2/c1-6-29-37(62-26(4)47-29)40(59)51-42-49-31-22-28(38(43)57)23-34(61-5)36(31)55(42)15-9-8-14-54-35-30(48-41(54)50-39(58)32-19-25(3)52-56(32)7-2)20-27(24-46-44)21-33(35)60-18-10-13-53-16-11-45-12-17-53/h8-9,19-23,45-46H,6-7,10-18,24,44H2,1-5H3,(H2,43,57)(H,48,50,58)(H,49,51,59)/b9-8+. The molecule has 4 aromatic heterocycles. The first-order valence-electron chi connectivity index (χ1n) is 20.7. The van der Waals surface area contributed by atoms with Gasteiger partial charge in [0.2, 0.25) is 17.8 Å². The zero-order chi connectivity index (χ0) is 43.9. The first-order chi connectivity index (χ1) is 30.0. The first kappa shape index (κ1) is 44.4. The Kier molecular flexibility index (Phi) is 14.4. The summed E-state index contributed by atoms with van der Waals surface area (Å²) >= 11 is 2.78. The zero-order valence-corrected chi connectivity index (χ0v) is 37.3.